The molecule has 1 aromatic heterocycles. The molecule has 6 rings (SSSR count). The van der Waals surface area contributed by atoms with E-state index < -0.39 is 0 Å². The quantitative estimate of drug-likeness (QED) is 0.234. The Balaban J connectivity index is 1.38. The number of nitrogens with zero attached hydrogens (tertiary/aromatic N) is 2. The molecule has 5 aromatic carbocycles. The molecule has 0 amide bonds. The molecular weight excluding hydrogens is 460 g/mol. The molecular formula is C36H26N2. The lowest BCUT2D eigenvalue weighted by molar-refractivity contribution is 1.18. The van der Waals surface area contributed by atoms with Crippen LogP contribution in [0.3, 0.4) is 0 Å². The summed E-state index contributed by atoms with van der Waals surface area (Å²) in [6.07, 6.45) is 1.86. The van der Waals surface area contributed by atoms with Crippen molar-refractivity contribution < 1.29 is 0 Å². The number of benzene rings is 5. The Labute approximate surface area is 223 Å². The molecule has 0 fully saturated rings. The molecule has 0 bridgehead atoms. The summed E-state index contributed by atoms with van der Waals surface area (Å²) in [6.45, 7) is 3.84. The van der Waals surface area contributed by atoms with E-state index in [0.29, 0.717) is 0 Å². The molecule has 0 N–H and O–H groups in total. The molecule has 180 valence electrons. The maximum atomic E-state index is 4.98. The smallest absolute Gasteiger partial charge is 0.160 e. The van der Waals surface area contributed by atoms with Crippen molar-refractivity contribution in [3.8, 4) is 56.2 Å². The number of hydrogen-bond acceptors (Lipinski definition) is 2. The van der Waals surface area contributed by atoms with Crippen molar-refractivity contribution in [2.75, 3.05) is 0 Å². The number of aromatic nitrogens is 2. The van der Waals surface area contributed by atoms with Gasteiger partial charge >= 0.3 is 0 Å². The van der Waals surface area contributed by atoms with E-state index in [-0.39, 0.29) is 0 Å². The van der Waals surface area contributed by atoms with Crippen LogP contribution >= 0.6 is 0 Å². The van der Waals surface area contributed by atoms with Crippen molar-refractivity contribution in [1.29, 1.82) is 0 Å². The monoisotopic (exact) mass is 486 g/mol. The molecule has 0 radical (unpaired) electrons. The van der Waals surface area contributed by atoms with Gasteiger partial charge in [0.25, 0.3) is 0 Å². The zero-order chi connectivity index (χ0) is 25.7. The van der Waals surface area contributed by atoms with E-state index in [2.05, 4.69) is 110 Å². The third-order valence-electron chi connectivity index (χ3n) is 6.68. The summed E-state index contributed by atoms with van der Waals surface area (Å²) in [5.74, 6) is 0.721. The minimum Gasteiger partial charge on any atom is -0.228 e. The molecule has 0 spiro atoms. The van der Waals surface area contributed by atoms with Gasteiger partial charge in [-0.25, -0.2) is 9.97 Å². The summed E-state index contributed by atoms with van der Waals surface area (Å²) >= 11 is 0. The zero-order valence-electron chi connectivity index (χ0n) is 21.0. The van der Waals surface area contributed by atoms with Gasteiger partial charge in [0.15, 0.2) is 5.82 Å². The largest absolute Gasteiger partial charge is 0.228 e. The van der Waals surface area contributed by atoms with Crippen molar-refractivity contribution in [3.05, 3.63) is 152 Å². The van der Waals surface area contributed by atoms with Crippen LogP contribution in [-0.4, -0.2) is 9.97 Å². The second-order valence-corrected chi connectivity index (χ2v) is 9.18. The fourth-order valence-electron chi connectivity index (χ4n) is 4.59. The van der Waals surface area contributed by atoms with Crippen LogP contribution in [0.4, 0.5) is 0 Å². The predicted molar refractivity (Wildman–Crippen MR) is 159 cm³/mol. The molecule has 0 aliphatic rings. The molecule has 2 heteroatoms. The summed E-state index contributed by atoms with van der Waals surface area (Å²) in [7, 11) is 0. The van der Waals surface area contributed by atoms with E-state index in [4.69, 9.17) is 9.97 Å². The maximum absolute atomic E-state index is 4.98. The molecule has 0 saturated carbocycles. The van der Waals surface area contributed by atoms with E-state index in [1.165, 1.54) is 16.7 Å². The van der Waals surface area contributed by atoms with E-state index in [1.807, 2.05) is 42.5 Å². The van der Waals surface area contributed by atoms with Gasteiger partial charge in [0.05, 0.1) is 11.4 Å². The average Bonchev–Trinajstić information content (AvgIpc) is 3.02. The van der Waals surface area contributed by atoms with Crippen LogP contribution in [0.15, 0.2) is 146 Å². The van der Waals surface area contributed by atoms with Crippen LogP contribution in [0.2, 0.25) is 0 Å². The summed E-state index contributed by atoms with van der Waals surface area (Å²) in [6, 6.07) is 48.2. The SMILES string of the molecule is C=Cc1ccc(-c2ccc(-c3cccc(-c4cc(-c5ccccc5)nc(-c5ccccc5)n4)c3)cc2)cc1. The Morgan fingerprint density at radius 1 is 0.395 bits per heavy atom. The Morgan fingerprint density at radius 2 is 0.868 bits per heavy atom. The molecule has 2 nitrogen and oxygen atoms in total. The molecule has 0 aliphatic heterocycles. The van der Waals surface area contributed by atoms with Crippen LogP contribution in [-0.2, 0) is 0 Å². The van der Waals surface area contributed by atoms with Crippen molar-refractivity contribution in [1.82, 2.24) is 9.97 Å². The molecule has 1 heterocycles. The zero-order valence-corrected chi connectivity index (χ0v) is 21.0. The van der Waals surface area contributed by atoms with E-state index in [1.54, 1.807) is 0 Å². The number of rotatable bonds is 6. The van der Waals surface area contributed by atoms with Crippen molar-refractivity contribution in [3.63, 3.8) is 0 Å². The van der Waals surface area contributed by atoms with Gasteiger partial charge in [-0.15, -0.1) is 0 Å². The van der Waals surface area contributed by atoms with Gasteiger partial charge in [0, 0.05) is 16.7 Å². The highest BCUT2D eigenvalue weighted by Gasteiger charge is 2.11. The van der Waals surface area contributed by atoms with E-state index in [0.717, 1.165) is 45.0 Å². The lowest BCUT2D eigenvalue weighted by Crippen LogP contribution is -1.96. The first-order valence-electron chi connectivity index (χ1n) is 12.7. The Hall–Kier alpha value is -5.08. The third-order valence-corrected chi connectivity index (χ3v) is 6.68. The van der Waals surface area contributed by atoms with Gasteiger partial charge in [0.2, 0.25) is 0 Å². The van der Waals surface area contributed by atoms with Crippen LogP contribution in [0.1, 0.15) is 5.56 Å². The van der Waals surface area contributed by atoms with Gasteiger partial charge in [-0.05, 0) is 39.9 Å². The Bertz CT molecular complexity index is 1630. The second-order valence-electron chi connectivity index (χ2n) is 9.18. The molecule has 0 unspecified atom stereocenters. The second kappa shape index (κ2) is 10.5. The van der Waals surface area contributed by atoms with Crippen LogP contribution in [0, 0.1) is 0 Å². The lowest BCUT2D eigenvalue weighted by Gasteiger charge is -2.11. The summed E-state index contributed by atoms with van der Waals surface area (Å²) in [5.41, 5.74) is 10.8. The van der Waals surface area contributed by atoms with Crippen LogP contribution in [0.5, 0.6) is 0 Å². The molecule has 38 heavy (non-hydrogen) atoms. The standard InChI is InChI=1S/C36H26N2/c1-2-26-16-18-27(19-17-26)28-20-22-29(23-21-28)32-14-9-15-33(24-32)35-25-34(30-10-5-3-6-11-30)37-36(38-35)31-12-7-4-8-13-31/h2-25H,1H2. The Morgan fingerprint density at radius 3 is 1.47 bits per heavy atom. The van der Waals surface area contributed by atoms with Crippen molar-refractivity contribution in [2.24, 2.45) is 0 Å². The third kappa shape index (κ3) is 4.93. The summed E-state index contributed by atoms with van der Waals surface area (Å²) in [4.78, 5) is 9.90. The minimum absolute atomic E-state index is 0.721. The molecule has 0 atom stereocenters. The number of hydrogen-bond donors (Lipinski definition) is 0. The minimum atomic E-state index is 0.721. The normalized spacial score (nSPS) is 10.7. The molecule has 0 aliphatic carbocycles. The Kier molecular flexibility index (Phi) is 6.44. The topological polar surface area (TPSA) is 25.8 Å². The maximum Gasteiger partial charge on any atom is 0.160 e. The summed E-state index contributed by atoms with van der Waals surface area (Å²) < 4.78 is 0. The first kappa shape index (κ1) is 23.3. The van der Waals surface area contributed by atoms with Gasteiger partial charge in [0.1, 0.15) is 0 Å². The van der Waals surface area contributed by atoms with E-state index in [9.17, 15) is 0 Å². The highest BCUT2D eigenvalue weighted by atomic mass is 14.9. The van der Waals surface area contributed by atoms with E-state index >= 15 is 0 Å². The van der Waals surface area contributed by atoms with Gasteiger partial charge in [-0.3, -0.25) is 0 Å². The van der Waals surface area contributed by atoms with Gasteiger partial charge in [-0.2, -0.15) is 0 Å². The van der Waals surface area contributed by atoms with Gasteiger partial charge in [-0.1, -0.05) is 140 Å². The van der Waals surface area contributed by atoms with Gasteiger partial charge < -0.3 is 0 Å². The first-order chi connectivity index (χ1) is 18.8. The first-order valence-corrected chi connectivity index (χ1v) is 12.7. The fraction of sp³-hybridized carbons (Fsp3) is 0. The molecule has 0 saturated heterocycles. The lowest BCUT2D eigenvalue weighted by atomic mass is 9.97. The van der Waals surface area contributed by atoms with Crippen molar-refractivity contribution >= 4 is 6.08 Å². The highest BCUT2D eigenvalue weighted by Crippen LogP contribution is 2.31. The van der Waals surface area contributed by atoms with Crippen molar-refractivity contribution in [2.45, 2.75) is 0 Å². The van der Waals surface area contributed by atoms with Crippen LogP contribution < -0.4 is 0 Å². The van der Waals surface area contributed by atoms with Crippen LogP contribution in [0.25, 0.3) is 62.2 Å². The highest BCUT2D eigenvalue weighted by molar-refractivity contribution is 5.77. The molecule has 6 aromatic rings. The summed E-state index contributed by atoms with van der Waals surface area (Å²) in [5, 5.41) is 0. The fourth-order valence-corrected chi connectivity index (χ4v) is 4.59. The predicted octanol–water partition coefficient (Wildman–Crippen LogP) is 9.45. The average molecular weight is 487 g/mol.